The molecule has 0 saturated heterocycles. The maximum atomic E-state index is 11.0. The molecule has 0 amide bonds. The van der Waals surface area contributed by atoms with Crippen LogP contribution in [0.5, 0.6) is 0 Å². The van der Waals surface area contributed by atoms with Crippen LogP contribution >= 0.6 is 0 Å². The average Bonchev–Trinajstić information content (AvgIpc) is 2.31. The fourth-order valence-corrected chi connectivity index (χ4v) is 1.39. The lowest BCUT2D eigenvalue weighted by atomic mass is 9.94. The molecule has 0 aliphatic carbocycles. The molecule has 0 aromatic carbocycles. The van der Waals surface area contributed by atoms with E-state index in [2.05, 4.69) is 23.8 Å². The van der Waals surface area contributed by atoms with Crippen molar-refractivity contribution >= 4 is 11.7 Å². The van der Waals surface area contributed by atoms with Gasteiger partial charge in [0.2, 0.25) is 0 Å². The standard InChI is InChI=1S/C9H16N2O2/c1-5(2)4-7(10)8-6(3)9(12)13-11-8/h5-7H,4,10H2,1-3H3/t6?,7-/m1/s1. The van der Waals surface area contributed by atoms with Gasteiger partial charge in [-0.25, -0.2) is 4.79 Å². The molecule has 0 aromatic heterocycles. The molecule has 0 fully saturated rings. The Morgan fingerprint density at radius 3 is 2.62 bits per heavy atom. The minimum atomic E-state index is -0.297. The van der Waals surface area contributed by atoms with Crippen molar-refractivity contribution < 1.29 is 9.63 Å². The third-order valence-corrected chi connectivity index (χ3v) is 2.14. The number of oxime groups is 1. The van der Waals surface area contributed by atoms with Gasteiger partial charge >= 0.3 is 5.97 Å². The first-order chi connectivity index (χ1) is 6.02. The van der Waals surface area contributed by atoms with Crippen molar-refractivity contribution in [1.29, 1.82) is 0 Å². The summed E-state index contributed by atoms with van der Waals surface area (Å²) in [5.41, 5.74) is 6.55. The largest absolute Gasteiger partial charge is 0.343 e. The first-order valence-corrected chi connectivity index (χ1v) is 4.56. The van der Waals surface area contributed by atoms with Crippen molar-refractivity contribution in [2.75, 3.05) is 0 Å². The van der Waals surface area contributed by atoms with Crippen molar-refractivity contribution in [3.63, 3.8) is 0 Å². The second kappa shape index (κ2) is 3.87. The third-order valence-electron chi connectivity index (χ3n) is 2.14. The molecule has 0 spiro atoms. The molecular weight excluding hydrogens is 168 g/mol. The van der Waals surface area contributed by atoms with E-state index in [-0.39, 0.29) is 17.9 Å². The first kappa shape index (κ1) is 10.2. The van der Waals surface area contributed by atoms with Crippen LogP contribution in [-0.4, -0.2) is 17.7 Å². The fourth-order valence-electron chi connectivity index (χ4n) is 1.39. The zero-order chi connectivity index (χ0) is 10.0. The molecule has 0 saturated carbocycles. The van der Waals surface area contributed by atoms with Gasteiger partial charge in [-0.1, -0.05) is 19.0 Å². The highest BCUT2D eigenvalue weighted by Gasteiger charge is 2.32. The van der Waals surface area contributed by atoms with Gasteiger partial charge in [0.15, 0.2) is 0 Å². The van der Waals surface area contributed by atoms with Gasteiger partial charge in [0, 0.05) is 6.04 Å². The molecule has 2 N–H and O–H groups in total. The fraction of sp³-hybridized carbons (Fsp3) is 0.778. The summed E-state index contributed by atoms with van der Waals surface area (Å²) in [5.74, 6) is -0.0661. The number of nitrogens with two attached hydrogens (primary N) is 1. The second-order valence-corrected chi connectivity index (χ2v) is 3.88. The Morgan fingerprint density at radius 2 is 2.23 bits per heavy atom. The van der Waals surface area contributed by atoms with Gasteiger partial charge in [-0.3, -0.25) is 0 Å². The predicted molar refractivity (Wildman–Crippen MR) is 50.1 cm³/mol. The van der Waals surface area contributed by atoms with Crippen molar-refractivity contribution in [3.8, 4) is 0 Å². The van der Waals surface area contributed by atoms with Gasteiger partial charge in [0.25, 0.3) is 0 Å². The molecular formula is C9H16N2O2. The zero-order valence-corrected chi connectivity index (χ0v) is 8.28. The lowest BCUT2D eigenvalue weighted by molar-refractivity contribution is -0.142. The molecule has 4 nitrogen and oxygen atoms in total. The van der Waals surface area contributed by atoms with Gasteiger partial charge in [-0.05, 0) is 19.3 Å². The summed E-state index contributed by atoms with van der Waals surface area (Å²) in [6.07, 6.45) is 0.833. The van der Waals surface area contributed by atoms with Crippen LogP contribution in [0.2, 0.25) is 0 Å². The van der Waals surface area contributed by atoms with E-state index in [9.17, 15) is 4.79 Å². The van der Waals surface area contributed by atoms with Crippen molar-refractivity contribution in [3.05, 3.63) is 0 Å². The summed E-state index contributed by atoms with van der Waals surface area (Å²) in [7, 11) is 0. The highest BCUT2D eigenvalue weighted by Crippen LogP contribution is 2.16. The second-order valence-electron chi connectivity index (χ2n) is 3.88. The quantitative estimate of drug-likeness (QED) is 0.663. The summed E-state index contributed by atoms with van der Waals surface area (Å²) >= 11 is 0. The molecule has 2 atom stereocenters. The molecule has 1 heterocycles. The Balaban J connectivity index is 2.57. The van der Waals surface area contributed by atoms with E-state index in [0.717, 1.165) is 6.42 Å². The smallest absolute Gasteiger partial charge is 0.323 e. The molecule has 1 unspecified atom stereocenters. The third kappa shape index (κ3) is 2.28. The van der Waals surface area contributed by atoms with Gasteiger partial charge < -0.3 is 10.6 Å². The minimum Gasteiger partial charge on any atom is -0.323 e. The number of carbonyl (C=O) groups is 1. The molecule has 0 aromatic rings. The topological polar surface area (TPSA) is 64.7 Å². The van der Waals surface area contributed by atoms with E-state index in [0.29, 0.717) is 11.6 Å². The maximum absolute atomic E-state index is 11.0. The predicted octanol–water partition coefficient (Wildman–Crippen LogP) is 0.909. The highest BCUT2D eigenvalue weighted by atomic mass is 16.7. The van der Waals surface area contributed by atoms with Crippen LogP contribution in [-0.2, 0) is 9.63 Å². The van der Waals surface area contributed by atoms with E-state index in [4.69, 9.17) is 5.73 Å². The number of hydrogen-bond donors (Lipinski definition) is 1. The van der Waals surface area contributed by atoms with Crippen molar-refractivity contribution in [1.82, 2.24) is 0 Å². The molecule has 1 rings (SSSR count). The Bertz CT molecular complexity index is 236. The summed E-state index contributed by atoms with van der Waals surface area (Å²) in [4.78, 5) is 15.5. The molecule has 1 aliphatic rings. The van der Waals surface area contributed by atoms with Crippen LogP contribution in [0.3, 0.4) is 0 Å². The minimum absolute atomic E-state index is 0.151. The monoisotopic (exact) mass is 184 g/mol. The SMILES string of the molecule is CC(C)C[C@@H](N)C1=NOC(=O)C1C. The van der Waals surface area contributed by atoms with E-state index >= 15 is 0 Å². The number of nitrogens with zero attached hydrogens (tertiary/aromatic N) is 1. The van der Waals surface area contributed by atoms with E-state index in [1.807, 2.05) is 0 Å². The lowest BCUT2D eigenvalue weighted by Gasteiger charge is -2.14. The number of hydrogen-bond acceptors (Lipinski definition) is 4. The van der Waals surface area contributed by atoms with E-state index in [1.165, 1.54) is 0 Å². The molecule has 74 valence electrons. The summed E-state index contributed by atoms with van der Waals surface area (Å²) in [6, 6.07) is -0.151. The summed E-state index contributed by atoms with van der Waals surface area (Å²) < 4.78 is 0. The average molecular weight is 184 g/mol. The van der Waals surface area contributed by atoms with Crippen LogP contribution in [0.1, 0.15) is 27.2 Å². The lowest BCUT2D eigenvalue weighted by Crippen LogP contribution is -2.35. The van der Waals surface area contributed by atoms with E-state index in [1.54, 1.807) is 6.92 Å². The summed E-state index contributed by atoms with van der Waals surface area (Å²) in [6.45, 7) is 5.94. The van der Waals surface area contributed by atoms with Crippen LogP contribution < -0.4 is 5.73 Å². The maximum Gasteiger partial charge on any atom is 0.343 e. The van der Waals surface area contributed by atoms with Crippen molar-refractivity contribution in [2.45, 2.75) is 33.2 Å². The van der Waals surface area contributed by atoms with Crippen LogP contribution in [0.15, 0.2) is 5.16 Å². The molecule has 0 radical (unpaired) electrons. The van der Waals surface area contributed by atoms with Crippen LogP contribution in [0, 0.1) is 11.8 Å². The number of rotatable bonds is 3. The van der Waals surface area contributed by atoms with Crippen LogP contribution in [0.4, 0.5) is 0 Å². The number of carbonyl (C=O) groups excluding carboxylic acids is 1. The normalized spacial score (nSPS) is 24.5. The van der Waals surface area contributed by atoms with Crippen molar-refractivity contribution in [2.24, 2.45) is 22.7 Å². The Kier molecular flexibility index (Phi) is 3.03. The van der Waals surface area contributed by atoms with Gasteiger partial charge in [-0.2, -0.15) is 0 Å². The van der Waals surface area contributed by atoms with Gasteiger partial charge in [0.05, 0.1) is 11.6 Å². The Hall–Kier alpha value is -0.900. The van der Waals surface area contributed by atoms with E-state index < -0.39 is 0 Å². The Morgan fingerprint density at radius 1 is 1.62 bits per heavy atom. The zero-order valence-electron chi connectivity index (χ0n) is 8.28. The van der Waals surface area contributed by atoms with Crippen LogP contribution in [0.25, 0.3) is 0 Å². The van der Waals surface area contributed by atoms with Gasteiger partial charge in [0.1, 0.15) is 0 Å². The molecule has 13 heavy (non-hydrogen) atoms. The highest BCUT2D eigenvalue weighted by molar-refractivity contribution is 6.07. The molecule has 4 heteroatoms. The molecule has 1 aliphatic heterocycles. The summed E-state index contributed by atoms with van der Waals surface area (Å²) in [5, 5.41) is 3.69. The van der Waals surface area contributed by atoms with Gasteiger partial charge in [-0.15, -0.1) is 0 Å². The molecule has 0 bridgehead atoms. The Labute approximate surface area is 78.1 Å². The first-order valence-electron chi connectivity index (χ1n) is 4.56.